The zero-order valence-electron chi connectivity index (χ0n) is 21.8. The number of aryl methyl sites for hydroxylation is 2. The maximum atomic E-state index is 13.4. The molecule has 0 bridgehead atoms. The molecule has 37 heavy (non-hydrogen) atoms. The second-order valence-electron chi connectivity index (χ2n) is 9.44. The fourth-order valence-corrected chi connectivity index (χ4v) is 4.39. The van der Waals surface area contributed by atoms with Gasteiger partial charge in [0.25, 0.3) is 0 Å². The Balaban J connectivity index is 1.88. The molecule has 0 amide bonds. The molecule has 6 nitrogen and oxygen atoms in total. The average molecular weight is 510 g/mol. The zero-order chi connectivity index (χ0) is 26.9. The lowest BCUT2D eigenvalue weighted by Crippen LogP contribution is -2.33. The third kappa shape index (κ3) is 8.30. The second kappa shape index (κ2) is 13.2. The molecule has 3 atom stereocenters. The van der Waals surface area contributed by atoms with Crippen LogP contribution in [0.3, 0.4) is 0 Å². The van der Waals surface area contributed by atoms with Gasteiger partial charge < -0.3 is 25.0 Å². The summed E-state index contributed by atoms with van der Waals surface area (Å²) < 4.78 is 26.1. The number of aliphatic hydroxyl groups excluding tert-OH is 1. The van der Waals surface area contributed by atoms with Crippen molar-refractivity contribution in [1.82, 2.24) is 5.32 Å². The number of nitrogens with one attached hydrogen (secondary N) is 1. The van der Waals surface area contributed by atoms with E-state index in [-0.39, 0.29) is 24.4 Å². The number of para-hydroxylation sites is 1. The highest BCUT2D eigenvalue weighted by Crippen LogP contribution is 2.38. The van der Waals surface area contributed by atoms with Crippen LogP contribution in [-0.2, 0) is 11.3 Å². The van der Waals surface area contributed by atoms with Gasteiger partial charge in [0.15, 0.2) is 0 Å². The molecule has 0 aliphatic rings. The minimum Gasteiger partial charge on any atom is -0.486 e. The van der Waals surface area contributed by atoms with Gasteiger partial charge in [-0.3, -0.25) is 4.79 Å². The predicted molar refractivity (Wildman–Crippen MR) is 142 cm³/mol. The number of carboxylic acid groups (broad SMARTS) is 1. The Morgan fingerprint density at radius 3 is 2.43 bits per heavy atom. The van der Waals surface area contributed by atoms with Gasteiger partial charge in [0.05, 0.1) is 12.5 Å². The normalized spacial score (nSPS) is 13.6. The third-order valence-electron chi connectivity index (χ3n) is 6.07. The van der Waals surface area contributed by atoms with Crippen LogP contribution in [0.4, 0.5) is 4.39 Å². The van der Waals surface area contributed by atoms with Crippen molar-refractivity contribution in [2.24, 2.45) is 0 Å². The molecule has 1 unspecified atom stereocenters. The van der Waals surface area contributed by atoms with E-state index in [2.05, 4.69) is 11.4 Å². The van der Waals surface area contributed by atoms with Crippen LogP contribution in [0, 0.1) is 19.7 Å². The summed E-state index contributed by atoms with van der Waals surface area (Å²) in [5.74, 6) is 0.670. The first-order chi connectivity index (χ1) is 17.7. The van der Waals surface area contributed by atoms with E-state index in [0.717, 1.165) is 22.3 Å². The first kappa shape index (κ1) is 28.2. The van der Waals surface area contributed by atoms with Gasteiger partial charge in [-0.2, -0.15) is 0 Å². The maximum Gasteiger partial charge on any atom is 0.304 e. The van der Waals surface area contributed by atoms with Crippen LogP contribution in [0.2, 0.25) is 0 Å². The quantitative estimate of drug-likeness (QED) is 0.245. The summed E-state index contributed by atoms with van der Waals surface area (Å²) in [6.45, 7) is 8.06. The number of benzene rings is 3. The summed E-state index contributed by atoms with van der Waals surface area (Å²) >= 11 is 0. The molecule has 0 saturated heterocycles. The topological polar surface area (TPSA) is 88.0 Å². The Hall–Kier alpha value is -3.42. The summed E-state index contributed by atoms with van der Waals surface area (Å²) in [6, 6.07) is 17.3. The molecule has 3 aromatic carbocycles. The van der Waals surface area contributed by atoms with Gasteiger partial charge in [-0.1, -0.05) is 36.8 Å². The van der Waals surface area contributed by atoms with Gasteiger partial charge in [0.1, 0.15) is 29.2 Å². The van der Waals surface area contributed by atoms with Gasteiger partial charge in [0.2, 0.25) is 0 Å². The number of aliphatic carboxylic acids is 1. The highest BCUT2D eigenvalue weighted by atomic mass is 19.1. The minimum absolute atomic E-state index is 0.0892. The summed E-state index contributed by atoms with van der Waals surface area (Å²) in [6.07, 6.45) is -0.0111. The number of hydrogen-bond donors (Lipinski definition) is 3. The molecule has 0 heterocycles. The number of rotatable bonds is 13. The van der Waals surface area contributed by atoms with Crippen LogP contribution >= 0.6 is 0 Å². The van der Waals surface area contributed by atoms with E-state index in [1.54, 1.807) is 19.1 Å². The molecular weight excluding hydrogens is 473 g/mol. The van der Waals surface area contributed by atoms with Crippen LogP contribution in [0.25, 0.3) is 0 Å². The molecule has 3 N–H and O–H groups in total. The predicted octanol–water partition coefficient (Wildman–Crippen LogP) is 6.47. The number of hydrogen-bond acceptors (Lipinski definition) is 5. The van der Waals surface area contributed by atoms with Crippen LogP contribution in [-0.4, -0.2) is 28.3 Å². The van der Waals surface area contributed by atoms with Gasteiger partial charge in [-0.15, -0.1) is 0 Å². The van der Waals surface area contributed by atoms with Gasteiger partial charge in [0, 0.05) is 23.7 Å². The van der Waals surface area contributed by atoms with Crippen molar-refractivity contribution < 1.29 is 28.9 Å². The first-order valence-electron chi connectivity index (χ1n) is 12.6. The van der Waals surface area contributed by atoms with Crippen molar-refractivity contribution in [2.75, 3.05) is 0 Å². The Morgan fingerprint density at radius 1 is 1.08 bits per heavy atom. The van der Waals surface area contributed by atoms with Crippen molar-refractivity contribution in [1.29, 1.82) is 0 Å². The molecule has 198 valence electrons. The number of aliphatic hydroxyl groups is 1. The molecule has 0 aliphatic carbocycles. The Labute approximate surface area is 218 Å². The van der Waals surface area contributed by atoms with Gasteiger partial charge >= 0.3 is 5.97 Å². The molecule has 3 rings (SSSR count). The van der Waals surface area contributed by atoms with Crippen LogP contribution in [0.1, 0.15) is 61.5 Å². The van der Waals surface area contributed by atoms with E-state index in [4.69, 9.17) is 9.47 Å². The van der Waals surface area contributed by atoms with Crippen LogP contribution < -0.4 is 14.8 Å². The fraction of sp³-hybridized carbons (Fsp3) is 0.367. The van der Waals surface area contributed by atoms with E-state index < -0.39 is 12.1 Å². The maximum absolute atomic E-state index is 13.4. The van der Waals surface area contributed by atoms with Crippen molar-refractivity contribution in [2.45, 2.75) is 71.8 Å². The van der Waals surface area contributed by atoms with Crippen LogP contribution in [0.15, 0.2) is 60.7 Å². The zero-order valence-corrected chi connectivity index (χ0v) is 21.8. The standard InChI is InChI=1S/C30H36FNO5/c1-5-27(36-25-12-10-23(31)11-13-25)26-15-19(2)14-20(3)30(26)37-28-9-7-6-8-22(28)18-32-24(16-21(4)33)17-29(34)35/h6-15,21,24,27,32-33H,5,16-18H2,1-4H3,(H,34,35)/t21-,24+,27?/m0/s1. The SMILES string of the molecule is CCC(Oc1ccc(F)cc1)c1cc(C)cc(C)c1Oc1ccccc1CN[C@@H](CC(=O)O)C[C@H](C)O. The van der Waals surface area contributed by atoms with Crippen molar-refractivity contribution in [3.8, 4) is 17.2 Å². The van der Waals surface area contributed by atoms with E-state index >= 15 is 0 Å². The minimum atomic E-state index is -0.922. The average Bonchev–Trinajstić information content (AvgIpc) is 2.83. The Kier molecular flexibility index (Phi) is 10.1. The van der Waals surface area contributed by atoms with Crippen molar-refractivity contribution >= 4 is 5.97 Å². The van der Waals surface area contributed by atoms with Gasteiger partial charge in [-0.25, -0.2) is 4.39 Å². The number of carboxylic acids is 1. The Bertz CT molecular complexity index is 1180. The van der Waals surface area contributed by atoms with E-state index in [1.807, 2.05) is 51.1 Å². The Morgan fingerprint density at radius 2 is 1.78 bits per heavy atom. The molecule has 0 aliphatic heterocycles. The monoisotopic (exact) mass is 509 g/mol. The second-order valence-corrected chi connectivity index (χ2v) is 9.44. The summed E-state index contributed by atoms with van der Waals surface area (Å²) in [7, 11) is 0. The molecule has 0 radical (unpaired) electrons. The lowest BCUT2D eigenvalue weighted by molar-refractivity contribution is -0.137. The molecule has 3 aromatic rings. The highest BCUT2D eigenvalue weighted by molar-refractivity contribution is 5.67. The van der Waals surface area contributed by atoms with Crippen molar-refractivity contribution in [3.05, 3.63) is 88.7 Å². The van der Waals surface area contributed by atoms with Crippen molar-refractivity contribution in [3.63, 3.8) is 0 Å². The van der Waals surface area contributed by atoms with E-state index in [0.29, 0.717) is 36.6 Å². The fourth-order valence-electron chi connectivity index (χ4n) is 4.39. The number of carbonyl (C=O) groups is 1. The molecule has 0 spiro atoms. The molecule has 0 saturated carbocycles. The highest BCUT2D eigenvalue weighted by Gasteiger charge is 2.21. The first-order valence-corrected chi connectivity index (χ1v) is 12.6. The molecule has 7 heteroatoms. The number of halogens is 1. The summed E-state index contributed by atoms with van der Waals surface area (Å²) in [5.41, 5.74) is 3.79. The largest absolute Gasteiger partial charge is 0.486 e. The smallest absolute Gasteiger partial charge is 0.304 e. The lowest BCUT2D eigenvalue weighted by Gasteiger charge is -2.24. The molecular formula is C30H36FNO5. The molecule has 0 fully saturated rings. The van der Waals surface area contributed by atoms with E-state index in [1.165, 1.54) is 12.1 Å². The lowest BCUT2D eigenvalue weighted by atomic mass is 9.99. The van der Waals surface area contributed by atoms with Gasteiger partial charge in [-0.05, 0) is 75.6 Å². The summed E-state index contributed by atoms with van der Waals surface area (Å²) in [5, 5.41) is 22.3. The van der Waals surface area contributed by atoms with Crippen LogP contribution in [0.5, 0.6) is 17.2 Å². The molecule has 0 aromatic heterocycles. The summed E-state index contributed by atoms with van der Waals surface area (Å²) in [4.78, 5) is 11.3. The third-order valence-corrected chi connectivity index (χ3v) is 6.07. The number of ether oxygens (including phenoxy) is 2. The van der Waals surface area contributed by atoms with E-state index in [9.17, 15) is 19.4 Å².